The summed E-state index contributed by atoms with van der Waals surface area (Å²) in [6.45, 7) is 2.91. The van der Waals surface area contributed by atoms with Crippen LogP contribution in [0, 0.1) is 26.1 Å². The molecule has 0 radical (unpaired) electrons. The molecule has 1 heterocycles. The first kappa shape index (κ1) is 27.9. The molecule has 0 bridgehead atoms. The lowest BCUT2D eigenvalue weighted by atomic mass is 10.0. The third kappa shape index (κ3) is 7.61. The molecule has 1 saturated heterocycles. The lowest BCUT2D eigenvalue weighted by molar-refractivity contribution is -0.393. The van der Waals surface area contributed by atoms with Crippen LogP contribution >= 0.6 is 0 Å². The number of non-ortho nitro benzene ring substituents is 1. The molecule has 0 saturated carbocycles. The standard InChI is InChI=1S/C21H28N6O9/c1-12(2)8-15(20(31)23-11-19(29)30)24-21(32)16-4-3-7-25(16)18(28)10-22-14-6-5-13(26(33)34)9-17(14)27(35)36/h5-6,9,12,15-16,22H,3-4,7-8,10-11H2,1-2H3,(H,23,31)(H,24,32)(H,29,30)/t15-,16-/m0/s1. The average molecular weight is 508 g/mol. The number of nitro groups is 2. The van der Waals surface area contributed by atoms with E-state index < -0.39 is 70.1 Å². The van der Waals surface area contributed by atoms with Gasteiger partial charge in [0.25, 0.3) is 11.4 Å². The van der Waals surface area contributed by atoms with Gasteiger partial charge in [0.05, 0.1) is 22.5 Å². The minimum Gasteiger partial charge on any atom is -0.480 e. The summed E-state index contributed by atoms with van der Waals surface area (Å²) in [7, 11) is 0. The van der Waals surface area contributed by atoms with Gasteiger partial charge in [0.15, 0.2) is 0 Å². The fourth-order valence-electron chi connectivity index (χ4n) is 3.80. The van der Waals surface area contributed by atoms with Crippen LogP contribution in [-0.2, 0) is 19.2 Å². The van der Waals surface area contributed by atoms with Crippen molar-refractivity contribution < 1.29 is 34.1 Å². The number of anilines is 1. The molecule has 1 aromatic rings. The Bertz CT molecular complexity index is 1040. The van der Waals surface area contributed by atoms with E-state index in [-0.39, 0.29) is 24.6 Å². The molecule has 1 aliphatic rings. The van der Waals surface area contributed by atoms with E-state index in [0.29, 0.717) is 12.8 Å². The number of hydrogen-bond acceptors (Lipinski definition) is 9. The van der Waals surface area contributed by atoms with Crippen molar-refractivity contribution in [1.29, 1.82) is 0 Å². The van der Waals surface area contributed by atoms with Crippen LogP contribution in [0.2, 0.25) is 0 Å². The number of nitrogens with zero attached hydrogens (tertiary/aromatic N) is 3. The summed E-state index contributed by atoms with van der Waals surface area (Å²) in [5.41, 5.74) is -1.14. The van der Waals surface area contributed by atoms with Gasteiger partial charge in [-0.15, -0.1) is 0 Å². The van der Waals surface area contributed by atoms with E-state index in [4.69, 9.17) is 5.11 Å². The molecule has 2 rings (SSSR count). The molecule has 1 fully saturated rings. The second-order valence-corrected chi connectivity index (χ2v) is 8.62. The van der Waals surface area contributed by atoms with Gasteiger partial charge in [-0.3, -0.25) is 39.4 Å². The maximum Gasteiger partial charge on any atom is 0.322 e. The largest absolute Gasteiger partial charge is 0.480 e. The first-order valence-electron chi connectivity index (χ1n) is 11.2. The molecule has 0 unspecified atom stereocenters. The Morgan fingerprint density at radius 3 is 2.42 bits per heavy atom. The van der Waals surface area contributed by atoms with E-state index in [0.717, 1.165) is 18.2 Å². The van der Waals surface area contributed by atoms with E-state index >= 15 is 0 Å². The Hall–Kier alpha value is -4.30. The number of carbonyl (C=O) groups is 4. The van der Waals surface area contributed by atoms with Crippen LogP contribution < -0.4 is 16.0 Å². The molecule has 2 atom stereocenters. The molecular formula is C21H28N6O9. The van der Waals surface area contributed by atoms with Crippen molar-refractivity contribution in [3.05, 3.63) is 38.4 Å². The van der Waals surface area contributed by atoms with Crippen molar-refractivity contribution in [3.63, 3.8) is 0 Å². The zero-order valence-corrected chi connectivity index (χ0v) is 19.8. The van der Waals surface area contributed by atoms with Crippen LogP contribution in [0.25, 0.3) is 0 Å². The molecule has 0 aromatic heterocycles. The number of carboxylic acid groups (broad SMARTS) is 1. The normalized spacial score (nSPS) is 15.8. The minimum atomic E-state index is -1.23. The zero-order valence-electron chi connectivity index (χ0n) is 19.8. The van der Waals surface area contributed by atoms with Crippen molar-refractivity contribution >= 4 is 40.8 Å². The number of carboxylic acids is 1. The SMILES string of the molecule is CC(C)C[C@H](NC(=O)[C@@H]1CCCN1C(=O)CNc1ccc([N+](=O)[O-])cc1[N+](=O)[O-])C(=O)NCC(=O)O. The van der Waals surface area contributed by atoms with Crippen LogP contribution in [0.15, 0.2) is 18.2 Å². The molecule has 36 heavy (non-hydrogen) atoms. The molecule has 1 aromatic carbocycles. The van der Waals surface area contributed by atoms with Gasteiger partial charge in [-0.25, -0.2) is 0 Å². The highest BCUT2D eigenvalue weighted by atomic mass is 16.6. The predicted molar refractivity (Wildman–Crippen MR) is 125 cm³/mol. The Kier molecular flexibility index (Phi) is 9.64. The Balaban J connectivity index is 2.07. The van der Waals surface area contributed by atoms with Gasteiger partial charge >= 0.3 is 5.97 Å². The second kappa shape index (κ2) is 12.4. The van der Waals surface area contributed by atoms with E-state index in [1.807, 2.05) is 13.8 Å². The summed E-state index contributed by atoms with van der Waals surface area (Å²) in [4.78, 5) is 70.8. The summed E-state index contributed by atoms with van der Waals surface area (Å²) >= 11 is 0. The van der Waals surface area contributed by atoms with Gasteiger partial charge in [0.2, 0.25) is 17.7 Å². The molecule has 0 aliphatic carbocycles. The van der Waals surface area contributed by atoms with Gasteiger partial charge in [0.1, 0.15) is 24.3 Å². The average Bonchev–Trinajstić information content (AvgIpc) is 3.30. The fourth-order valence-corrected chi connectivity index (χ4v) is 3.80. The van der Waals surface area contributed by atoms with Crippen LogP contribution in [0.5, 0.6) is 0 Å². The summed E-state index contributed by atoms with van der Waals surface area (Å²) in [6, 6.07) is 1.10. The summed E-state index contributed by atoms with van der Waals surface area (Å²) in [6.07, 6.45) is 1.10. The molecule has 0 spiro atoms. The maximum atomic E-state index is 12.9. The zero-order chi connectivity index (χ0) is 27.0. The highest BCUT2D eigenvalue weighted by Gasteiger charge is 2.36. The van der Waals surface area contributed by atoms with E-state index in [1.165, 1.54) is 4.90 Å². The van der Waals surface area contributed by atoms with Crippen molar-refractivity contribution in [3.8, 4) is 0 Å². The summed E-state index contributed by atoms with van der Waals surface area (Å²) in [5, 5.41) is 38.4. The molecule has 3 amide bonds. The van der Waals surface area contributed by atoms with Gasteiger partial charge in [-0.05, 0) is 31.2 Å². The van der Waals surface area contributed by atoms with Crippen LogP contribution in [-0.4, -0.2) is 75.3 Å². The maximum absolute atomic E-state index is 12.9. The van der Waals surface area contributed by atoms with E-state index in [9.17, 15) is 39.4 Å². The highest BCUT2D eigenvalue weighted by molar-refractivity contribution is 5.94. The predicted octanol–water partition coefficient (Wildman–Crippen LogP) is 0.638. The number of nitro benzene ring substituents is 2. The molecule has 196 valence electrons. The number of carbonyl (C=O) groups excluding carboxylic acids is 3. The van der Waals surface area contributed by atoms with Crippen molar-refractivity contribution in [1.82, 2.24) is 15.5 Å². The topological polar surface area (TPSA) is 214 Å². The van der Waals surface area contributed by atoms with Gasteiger partial charge in [-0.1, -0.05) is 13.8 Å². The fraction of sp³-hybridized carbons (Fsp3) is 0.524. The second-order valence-electron chi connectivity index (χ2n) is 8.62. The van der Waals surface area contributed by atoms with E-state index in [2.05, 4.69) is 16.0 Å². The van der Waals surface area contributed by atoms with E-state index in [1.54, 1.807) is 0 Å². The van der Waals surface area contributed by atoms with Crippen LogP contribution in [0.4, 0.5) is 17.1 Å². The number of hydrogen-bond donors (Lipinski definition) is 4. The van der Waals surface area contributed by atoms with Crippen molar-refractivity contribution in [2.24, 2.45) is 5.92 Å². The molecule has 15 heteroatoms. The third-order valence-electron chi connectivity index (χ3n) is 5.45. The first-order chi connectivity index (χ1) is 16.9. The minimum absolute atomic E-state index is 0.00822. The third-order valence-corrected chi connectivity index (χ3v) is 5.45. The van der Waals surface area contributed by atoms with Crippen molar-refractivity contribution in [2.75, 3.05) is 25.0 Å². The molecule has 1 aliphatic heterocycles. The molecular weight excluding hydrogens is 480 g/mol. The van der Waals surface area contributed by atoms with Crippen LogP contribution in [0.3, 0.4) is 0 Å². The quantitative estimate of drug-likeness (QED) is 0.228. The number of aliphatic carboxylic acids is 1. The highest BCUT2D eigenvalue weighted by Crippen LogP contribution is 2.29. The molecule has 15 nitrogen and oxygen atoms in total. The molecule has 4 N–H and O–H groups in total. The van der Waals surface area contributed by atoms with Gasteiger partial charge in [0, 0.05) is 12.6 Å². The lowest BCUT2D eigenvalue weighted by Gasteiger charge is -2.27. The van der Waals surface area contributed by atoms with Crippen LogP contribution in [0.1, 0.15) is 33.1 Å². The monoisotopic (exact) mass is 508 g/mol. The Morgan fingerprint density at radius 2 is 1.83 bits per heavy atom. The number of nitrogens with one attached hydrogen (secondary N) is 3. The summed E-state index contributed by atoms with van der Waals surface area (Å²) in [5.74, 6) is -2.98. The van der Waals surface area contributed by atoms with Gasteiger partial charge in [-0.2, -0.15) is 0 Å². The lowest BCUT2D eigenvalue weighted by Crippen LogP contribution is -2.54. The van der Waals surface area contributed by atoms with Gasteiger partial charge < -0.3 is 26.0 Å². The van der Waals surface area contributed by atoms with Crippen molar-refractivity contribution in [2.45, 2.75) is 45.2 Å². The first-order valence-corrected chi connectivity index (χ1v) is 11.2. The smallest absolute Gasteiger partial charge is 0.322 e. The Labute approximate surface area is 205 Å². The number of benzene rings is 1. The summed E-state index contributed by atoms with van der Waals surface area (Å²) < 4.78 is 0. The Morgan fingerprint density at radius 1 is 1.14 bits per heavy atom. The number of amides is 3. The number of likely N-dealkylation sites (tertiary alicyclic amines) is 1. The number of rotatable bonds is 12.